The Balaban J connectivity index is 2.24. The van der Waals surface area contributed by atoms with Gasteiger partial charge in [-0.05, 0) is 5.75 Å². The van der Waals surface area contributed by atoms with Crippen molar-refractivity contribution in [3.8, 4) is 0 Å². The van der Waals surface area contributed by atoms with Gasteiger partial charge in [0.25, 0.3) is 0 Å². The van der Waals surface area contributed by atoms with Crippen LogP contribution in [0.1, 0.15) is 6.92 Å². The molecule has 1 aliphatic rings. The molecule has 0 bridgehead atoms. The van der Waals surface area contributed by atoms with E-state index in [2.05, 4.69) is 6.92 Å². The van der Waals surface area contributed by atoms with E-state index < -0.39 is 0 Å². The quantitative estimate of drug-likeness (QED) is 0.617. The molecule has 0 aliphatic carbocycles. The van der Waals surface area contributed by atoms with E-state index in [1.807, 2.05) is 0 Å². The van der Waals surface area contributed by atoms with Gasteiger partial charge >= 0.3 is 0 Å². The molecule has 0 radical (unpaired) electrons. The van der Waals surface area contributed by atoms with E-state index in [-0.39, 0.29) is 11.9 Å². The summed E-state index contributed by atoms with van der Waals surface area (Å²) in [7, 11) is 0. The van der Waals surface area contributed by atoms with E-state index in [9.17, 15) is 4.79 Å². The Morgan fingerprint density at radius 2 is 2.60 bits per heavy atom. The topological polar surface area (TPSA) is 26.3 Å². The molecule has 1 rings (SSSR count). The monoisotopic (exact) mass is 158 g/mol. The zero-order valence-electron chi connectivity index (χ0n) is 5.87. The van der Waals surface area contributed by atoms with Crippen molar-refractivity contribution in [3.05, 3.63) is 12.3 Å². The summed E-state index contributed by atoms with van der Waals surface area (Å²) in [5.41, 5.74) is 0. The average molecular weight is 158 g/mol. The van der Waals surface area contributed by atoms with Crippen LogP contribution in [0.3, 0.4) is 0 Å². The third-order valence-corrected chi connectivity index (χ3v) is 2.21. The summed E-state index contributed by atoms with van der Waals surface area (Å²) in [6.45, 7) is 2.07. The maximum Gasteiger partial charge on any atom is 0.199 e. The molecule has 0 aromatic rings. The van der Waals surface area contributed by atoms with Crippen molar-refractivity contribution in [2.75, 3.05) is 11.5 Å². The molecule has 0 saturated heterocycles. The fourth-order valence-electron chi connectivity index (χ4n) is 0.722. The van der Waals surface area contributed by atoms with Gasteiger partial charge < -0.3 is 4.74 Å². The smallest absolute Gasteiger partial charge is 0.199 e. The van der Waals surface area contributed by atoms with Crippen molar-refractivity contribution in [2.24, 2.45) is 0 Å². The molecule has 0 spiro atoms. The lowest BCUT2D eigenvalue weighted by molar-refractivity contribution is -0.119. The summed E-state index contributed by atoms with van der Waals surface area (Å²) in [6, 6.07) is 0. The van der Waals surface area contributed by atoms with E-state index in [1.54, 1.807) is 11.8 Å². The second kappa shape index (κ2) is 3.66. The van der Waals surface area contributed by atoms with Gasteiger partial charge in [-0.3, -0.25) is 4.79 Å². The normalized spacial score (nSPS) is 23.3. The first-order valence-corrected chi connectivity index (χ1v) is 4.43. The van der Waals surface area contributed by atoms with Gasteiger partial charge in [0.1, 0.15) is 0 Å². The van der Waals surface area contributed by atoms with Crippen LogP contribution in [-0.4, -0.2) is 23.4 Å². The summed E-state index contributed by atoms with van der Waals surface area (Å²) in [5, 5.41) is 0. The van der Waals surface area contributed by atoms with Crippen LogP contribution in [0.15, 0.2) is 12.3 Å². The van der Waals surface area contributed by atoms with Gasteiger partial charge in [-0.1, -0.05) is 6.92 Å². The summed E-state index contributed by atoms with van der Waals surface area (Å²) >= 11 is 1.72. The van der Waals surface area contributed by atoms with Crippen molar-refractivity contribution >= 4 is 17.5 Å². The molecule has 56 valence electrons. The Kier molecular flexibility index (Phi) is 2.81. The van der Waals surface area contributed by atoms with E-state index in [0.717, 1.165) is 11.5 Å². The first kappa shape index (κ1) is 7.66. The minimum Gasteiger partial charge on any atom is -0.489 e. The lowest BCUT2D eigenvalue weighted by Crippen LogP contribution is -2.18. The largest absolute Gasteiger partial charge is 0.489 e. The Morgan fingerprint density at radius 3 is 3.10 bits per heavy atom. The number of carbonyl (C=O) groups excluding carboxylic acids is 1. The fourth-order valence-corrected chi connectivity index (χ4v) is 1.41. The van der Waals surface area contributed by atoms with Gasteiger partial charge in [0.15, 0.2) is 11.9 Å². The molecule has 1 atom stereocenters. The molecular weight excluding hydrogens is 148 g/mol. The average Bonchev–Trinajstić information content (AvgIpc) is 2.31. The number of thioether (sulfide) groups is 1. The van der Waals surface area contributed by atoms with E-state index in [0.29, 0.717) is 0 Å². The highest BCUT2D eigenvalue weighted by atomic mass is 32.2. The van der Waals surface area contributed by atoms with Crippen LogP contribution >= 0.6 is 11.8 Å². The molecule has 0 aromatic carbocycles. The number of hydrogen-bond acceptors (Lipinski definition) is 3. The van der Waals surface area contributed by atoms with Crippen LogP contribution in [0, 0.1) is 0 Å². The first-order valence-electron chi connectivity index (χ1n) is 3.28. The second-order valence-electron chi connectivity index (χ2n) is 1.99. The van der Waals surface area contributed by atoms with Crippen molar-refractivity contribution in [1.82, 2.24) is 0 Å². The molecule has 1 heterocycles. The van der Waals surface area contributed by atoms with E-state index in [1.165, 1.54) is 12.3 Å². The third-order valence-electron chi connectivity index (χ3n) is 1.27. The molecule has 2 nitrogen and oxygen atoms in total. The highest BCUT2D eigenvalue weighted by Gasteiger charge is 2.20. The maximum absolute atomic E-state index is 10.9. The third kappa shape index (κ3) is 1.77. The molecule has 1 aliphatic heterocycles. The van der Waals surface area contributed by atoms with Gasteiger partial charge in [0.2, 0.25) is 0 Å². The van der Waals surface area contributed by atoms with Crippen molar-refractivity contribution in [3.63, 3.8) is 0 Å². The number of carbonyl (C=O) groups is 1. The number of ether oxygens (including phenoxy) is 1. The SMILES string of the molecule is CCSCC1OC=CC1=O. The first-order chi connectivity index (χ1) is 4.84. The summed E-state index contributed by atoms with van der Waals surface area (Å²) in [6.07, 6.45) is 2.76. The highest BCUT2D eigenvalue weighted by molar-refractivity contribution is 7.99. The van der Waals surface area contributed by atoms with Crippen LogP contribution < -0.4 is 0 Å². The minimum atomic E-state index is -0.204. The zero-order valence-corrected chi connectivity index (χ0v) is 6.69. The molecular formula is C7H10O2S. The van der Waals surface area contributed by atoms with Crippen LogP contribution in [0.25, 0.3) is 0 Å². The van der Waals surface area contributed by atoms with Crippen molar-refractivity contribution < 1.29 is 9.53 Å². The van der Waals surface area contributed by atoms with Gasteiger partial charge in [-0.2, -0.15) is 11.8 Å². The van der Waals surface area contributed by atoms with Crippen LogP contribution in [-0.2, 0) is 9.53 Å². The summed E-state index contributed by atoms with van der Waals surface area (Å²) in [4.78, 5) is 10.9. The number of ketones is 1. The van der Waals surface area contributed by atoms with Crippen molar-refractivity contribution in [2.45, 2.75) is 13.0 Å². The molecule has 0 fully saturated rings. The lowest BCUT2D eigenvalue weighted by atomic mass is 10.3. The predicted molar refractivity (Wildman–Crippen MR) is 42.0 cm³/mol. The van der Waals surface area contributed by atoms with Gasteiger partial charge in [-0.15, -0.1) is 0 Å². The predicted octanol–water partition coefficient (Wildman–Crippen LogP) is 1.22. The zero-order chi connectivity index (χ0) is 7.40. The highest BCUT2D eigenvalue weighted by Crippen LogP contribution is 2.11. The second-order valence-corrected chi connectivity index (χ2v) is 3.31. The Bertz CT molecular complexity index is 154. The van der Waals surface area contributed by atoms with E-state index >= 15 is 0 Å². The van der Waals surface area contributed by atoms with Crippen molar-refractivity contribution in [1.29, 1.82) is 0 Å². The molecule has 0 amide bonds. The molecule has 0 saturated carbocycles. The summed E-state index contributed by atoms with van der Waals surface area (Å²) < 4.78 is 5.02. The number of rotatable bonds is 3. The van der Waals surface area contributed by atoms with Gasteiger partial charge in [0.05, 0.1) is 6.26 Å². The van der Waals surface area contributed by atoms with Gasteiger partial charge in [0, 0.05) is 11.8 Å². The Morgan fingerprint density at radius 1 is 1.80 bits per heavy atom. The van der Waals surface area contributed by atoms with Crippen LogP contribution in [0.5, 0.6) is 0 Å². The lowest BCUT2D eigenvalue weighted by Gasteiger charge is -2.05. The molecule has 0 N–H and O–H groups in total. The Hall–Kier alpha value is -0.440. The summed E-state index contributed by atoms with van der Waals surface area (Å²) in [5.74, 6) is 1.91. The minimum absolute atomic E-state index is 0.0981. The molecule has 1 unspecified atom stereocenters. The van der Waals surface area contributed by atoms with E-state index in [4.69, 9.17) is 4.74 Å². The molecule has 0 aromatic heterocycles. The maximum atomic E-state index is 10.9. The number of hydrogen-bond donors (Lipinski definition) is 0. The standard InChI is InChI=1S/C7H10O2S/c1-2-10-5-7-6(8)3-4-9-7/h3-4,7H,2,5H2,1H3. The van der Waals surface area contributed by atoms with Gasteiger partial charge in [-0.25, -0.2) is 0 Å². The fraction of sp³-hybridized carbons (Fsp3) is 0.571. The Labute approximate surface area is 64.6 Å². The van der Waals surface area contributed by atoms with Crippen LogP contribution in [0.4, 0.5) is 0 Å². The molecule has 3 heteroatoms. The van der Waals surface area contributed by atoms with Crippen LogP contribution in [0.2, 0.25) is 0 Å². The molecule has 10 heavy (non-hydrogen) atoms.